The molecule has 0 amide bonds. The molecule has 108 valence electrons. The second-order valence-corrected chi connectivity index (χ2v) is 6.82. The molecule has 5 nitrogen and oxygen atoms in total. The maximum atomic E-state index is 12.0. The van der Waals surface area contributed by atoms with Crippen LogP contribution in [-0.2, 0) is 20.5 Å². The van der Waals surface area contributed by atoms with Gasteiger partial charge in [0, 0.05) is 18.8 Å². The number of nitrogens with one attached hydrogen (secondary N) is 1. The fourth-order valence-corrected chi connectivity index (χ4v) is 2.97. The molecule has 0 spiro atoms. The Morgan fingerprint density at radius 2 is 2.05 bits per heavy atom. The Balaban J connectivity index is 2.62. The third-order valence-electron chi connectivity index (χ3n) is 2.56. The van der Waals surface area contributed by atoms with Crippen LogP contribution >= 0.6 is 0 Å². The molecule has 0 bridgehead atoms. The molecule has 0 saturated carbocycles. The van der Waals surface area contributed by atoms with E-state index in [9.17, 15) is 8.42 Å². The van der Waals surface area contributed by atoms with Crippen molar-refractivity contribution >= 4 is 15.7 Å². The average Bonchev–Trinajstić information content (AvgIpc) is 2.26. The van der Waals surface area contributed by atoms with Crippen LogP contribution in [0.3, 0.4) is 0 Å². The molecular formula is C13H22N2O3S. The first-order chi connectivity index (χ1) is 8.74. The third-order valence-corrected chi connectivity index (χ3v) is 3.86. The Bertz CT molecular complexity index is 512. The summed E-state index contributed by atoms with van der Waals surface area (Å²) < 4.78 is 31.9. The van der Waals surface area contributed by atoms with Gasteiger partial charge in [0.15, 0.2) is 0 Å². The first kappa shape index (κ1) is 15.9. The van der Waals surface area contributed by atoms with Gasteiger partial charge in [0.1, 0.15) is 0 Å². The van der Waals surface area contributed by atoms with Crippen molar-refractivity contribution in [1.82, 2.24) is 4.72 Å². The molecule has 19 heavy (non-hydrogen) atoms. The number of anilines is 1. The van der Waals surface area contributed by atoms with E-state index in [4.69, 9.17) is 10.5 Å². The summed E-state index contributed by atoms with van der Waals surface area (Å²) in [6.45, 7) is 6.36. The maximum Gasteiger partial charge on any atom is 0.215 e. The van der Waals surface area contributed by atoms with Crippen molar-refractivity contribution < 1.29 is 13.2 Å². The van der Waals surface area contributed by atoms with Gasteiger partial charge in [-0.1, -0.05) is 12.1 Å². The van der Waals surface area contributed by atoms with E-state index in [1.54, 1.807) is 24.3 Å². The quantitative estimate of drug-likeness (QED) is 0.744. The van der Waals surface area contributed by atoms with Crippen molar-refractivity contribution in [1.29, 1.82) is 0 Å². The van der Waals surface area contributed by atoms with Crippen molar-refractivity contribution in [2.45, 2.75) is 32.1 Å². The Morgan fingerprint density at radius 1 is 1.37 bits per heavy atom. The number of sulfonamides is 1. The number of rotatable bonds is 7. The van der Waals surface area contributed by atoms with Gasteiger partial charge in [0.05, 0.1) is 11.4 Å². The summed E-state index contributed by atoms with van der Waals surface area (Å²) in [7, 11) is -3.39. The van der Waals surface area contributed by atoms with E-state index in [1.165, 1.54) is 0 Å². The van der Waals surface area contributed by atoms with E-state index in [1.807, 2.05) is 20.8 Å². The fourth-order valence-electron chi connectivity index (χ4n) is 1.68. The molecule has 1 aromatic carbocycles. The van der Waals surface area contributed by atoms with Crippen LogP contribution in [0.2, 0.25) is 0 Å². The van der Waals surface area contributed by atoms with E-state index in [0.29, 0.717) is 17.9 Å². The SMILES string of the molecule is CCOC(C)(C)CNS(=O)(=O)Cc1cccc(N)c1. The summed E-state index contributed by atoms with van der Waals surface area (Å²) in [6.07, 6.45) is 0. The molecule has 1 aromatic rings. The van der Waals surface area contributed by atoms with E-state index in [0.717, 1.165) is 0 Å². The van der Waals surface area contributed by atoms with Gasteiger partial charge in [-0.15, -0.1) is 0 Å². The molecule has 0 unspecified atom stereocenters. The van der Waals surface area contributed by atoms with Gasteiger partial charge in [-0.3, -0.25) is 0 Å². The standard InChI is InChI=1S/C13H22N2O3S/c1-4-18-13(2,3)10-15-19(16,17)9-11-6-5-7-12(14)8-11/h5-8,15H,4,9-10,14H2,1-3H3. The molecule has 0 fully saturated rings. The van der Waals surface area contributed by atoms with Gasteiger partial charge in [0.2, 0.25) is 10.0 Å². The van der Waals surface area contributed by atoms with Gasteiger partial charge < -0.3 is 10.5 Å². The van der Waals surface area contributed by atoms with Crippen LogP contribution in [0.15, 0.2) is 24.3 Å². The molecule has 0 aliphatic heterocycles. The molecule has 0 heterocycles. The van der Waals surface area contributed by atoms with Crippen molar-refractivity contribution in [3.05, 3.63) is 29.8 Å². The Morgan fingerprint density at radius 3 is 2.63 bits per heavy atom. The van der Waals surface area contributed by atoms with Crippen molar-refractivity contribution in [2.75, 3.05) is 18.9 Å². The number of nitrogen functional groups attached to an aromatic ring is 1. The minimum Gasteiger partial charge on any atom is -0.399 e. The van der Waals surface area contributed by atoms with Gasteiger partial charge in [0.25, 0.3) is 0 Å². The van der Waals surface area contributed by atoms with Gasteiger partial charge in [-0.25, -0.2) is 13.1 Å². The topological polar surface area (TPSA) is 81.4 Å². The molecule has 0 atom stereocenters. The average molecular weight is 286 g/mol. The van der Waals surface area contributed by atoms with Gasteiger partial charge >= 0.3 is 0 Å². The van der Waals surface area contributed by atoms with Crippen LogP contribution in [0, 0.1) is 0 Å². The first-order valence-corrected chi connectivity index (χ1v) is 7.85. The van der Waals surface area contributed by atoms with E-state index in [2.05, 4.69) is 4.72 Å². The Kier molecular flexibility index (Phi) is 5.34. The van der Waals surface area contributed by atoms with Crippen LogP contribution in [-0.4, -0.2) is 27.2 Å². The smallest absolute Gasteiger partial charge is 0.215 e. The highest BCUT2D eigenvalue weighted by Crippen LogP contribution is 2.11. The fraction of sp³-hybridized carbons (Fsp3) is 0.538. The summed E-state index contributed by atoms with van der Waals surface area (Å²) in [6, 6.07) is 6.86. The second kappa shape index (κ2) is 6.36. The number of benzene rings is 1. The zero-order valence-electron chi connectivity index (χ0n) is 11.6. The number of hydrogen-bond donors (Lipinski definition) is 2. The zero-order chi connectivity index (χ0) is 14.5. The summed E-state index contributed by atoms with van der Waals surface area (Å²) in [5.41, 5.74) is 6.33. The van der Waals surface area contributed by atoms with Crippen LogP contribution in [0.1, 0.15) is 26.3 Å². The molecule has 0 aliphatic rings. The first-order valence-electron chi connectivity index (χ1n) is 6.20. The van der Waals surface area contributed by atoms with Crippen LogP contribution in [0.4, 0.5) is 5.69 Å². The van der Waals surface area contributed by atoms with Crippen molar-refractivity contribution in [3.63, 3.8) is 0 Å². The highest BCUT2D eigenvalue weighted by molar-refractivity contribution is 7.88. The monoisotopic (exact) mass is 286 g/mol. The Labute approximate surface area is 115 Å². The lowest BCUT2D eigenvalue weighted by Crippen LogP contribution is -2.40. The van der Waals surface area contributed by atoms with Crippen LogP contribution in [0.5, 0.6) is 0 Å². The molecule has 1 rings (SSSR count). The largest absolute Gasteiger partial charge is 0.399 e. The molecule has 0 aromatic heterocycles. The number of ether oxygens (including phenoxy) is 1. The molecular weight excluding hydrogens is 264 g/mol. The normalized spacial score (nSPS) is 12.6. The van der Waals surface area contributed by atoms with Crippen molar-refractivity contribution in [2.24, 2.45) is 0 Å². The summed E-state index contributed by atoms with van der Waals surface area (Å²) >= 11 is 0. The molecule has 0 aliphatic carbocycles. The van der Waals surface area contributed by atoms with Crippen molar-refractivity contribution in [3.8, 4) is 0 Å². The lowest BCUT2D eigenvalue weighted by atomic mass is 10.1. The van der Waals surface area contributed by atoms with Crippen LogP contribution < -0.4 is 10.5 Å². The van der Waals surface area contributed by atoms with E-state index < -0.39 is 15.6 Å². The number of hydrogen-bond acceptors (Lipinski definition) is 4. The highest BCUT2D eigenvalue weighted by Gasteiger charge is 2.21. The highest BCUT2D eigenvalue weighted by atomic mass is 32.2. The second-order valence-electron chi connectivity index (χ2n) is 5.02. The predicted molar refractivity (Wildman–Crippen MR) is 77.2 cm³/mol. The zero-order valence-corrected chi connectivity index (χ0v) is 12.5. The lowest BCUT2D eigenvalue weighted by Gasteiger charge is -2.24. The maximum absolute atomic E-state index is 12.0. The van der Waals surface area contributed by atoms with Gasteiger partial charge in [-0.2, -0.15) is 0 Å². The predicted octanol–water partition coefficient (Wildman–Crippen LogP) is 1.50. The molecule has 0 saturated heterocycles. The summed E-state index contributed by atoms with van der Waals surface area (Å²) in [5, 5.41) is 0. The van der Waals surface area contributed by atoms with E-state index >= 15 is 0 Å². The molecule has 6 heteroatoms. The summed E-state index contributed by atoms with van der Waals surface area (Å²) in [4.78, 5) is 0. The lowest BCUT2D eigenvalue weighted by molar-refractivity contribution is -0.00515. The molecule has 3 N–H and O–H groups in total. The summed E-state index contributed by atoms with van der Waals surface area (Å²) in [5.74, 6) is -0.0831. The van der Waals surface area contributed by atoms with Crippen LogP contribution in [0.25, 0.3) is 0 Å². The third kappa shape index (κ3) is 6.04. The minimum atomic E-state index is -3.39. The van der Waals surface area contributed by atoms with Gasteiger partial charge in [-0.05, 0) is 38.5 Å². The number of nitrogens with two attached hydrogens (primary N) is 1. The molecule has 0 radical (unpaired) electrons. The van der Waals surface area contributed by atoms with E-state index in [-0.39, 0.29) is 12.3 Å². The Hall–Kier alpha value is -1.11. The minimum absolute atomic E-state index is 0.0831.